The van der Waals surface area contributed by atoms with Gasteiger partial charge >= 0.3 is 0 Å². The van der Waals surface area contributed by atoms with Gasteiger partial charge in [-0.1, -0.05) is 19.9 Å². The molecule has 0 spiro atoms. The summed E-state index contributed by atoms with van der Waals surface area (Å²) in [5, 5.41) is 7.12. The van der Waals surface area contributed by atoms with Gasteiger partial charge in [0.2, 0.25) is 5.91 Å². The zero-order valence-electron chi connectivity index (χ0n) is 13.4. The molecule has 1 saturated heterocycles. The fraction of sp³-hybridized carbons (Fsp3) is 0.438. The van der Waals surface area contributed by atoms with Crippen molar-refractivity contribution in [3.05, 3.63) is 36.8 Å². The second-order valence-electron chi connectivity index (χ2n) is 6.25. The van der Waals surface area contributed by atoms with Crippen LogP contribution in [0.4, 0.5) is 5.69 Å². The SMILES string of the molecule is CC(C)CC1CC(C(=O)Nc2cnn(-c3ccccn3)c2)NN1. The highest BCUT2D eigenvalue weighted by Crippen LogP contribution is 2.16. The third-order valence-electron chi connectivity index (χ3n) is 3.79. The lowest BCUT2D eigenvalue weighted by Gasteiger charge is -2.11. The molecule has 0 saturated carbocycles. The number of nitrogens with zero attached hydrogens (tertiary/aromatic N) is 3. The van der Waals surface area contributed by atoms with E-state index in [4.69, 9.17) is 0 Å². The maximum atomic E-state index is 12.3. The average Bonchev–Trinajstić information content (AvgIpc) is 3.17. The van der Waals surface area contributed by atoms with Crippen LogP contribution in [0, 0.1) is 5.92 Å². The minimum absolute atomic E-state index is 0.0515. The molecule has 3 N–H and O–H groups in total. The van der Waals surface area contributed by atoms with Crippen LogP contribution < -0.4 is 16.2 Å². The highest BCUT2D eigenvalue weighted by Gasteiger charge is 2.29. The molecule has 7 nitrogen and oxygen atoms in total. The van der Waals surface area contributed by atoms with Gasteiger partial charge in [-0.25, -0.2) is 15.1 Å². The fourth-order valence-corrected chi connectivity index (χ4v) is 2.75. The van der Waals surface area contributed by atoms with E-state index in [0.29, 0.717) is 23.5 Å². The van der Waals surface area contributed by atoms with E-state index in [0.717, 1.165) is 12.8 Å². The summed E-state index contributed by atoms with van der Waals surface area (Å²) < 4.78 is 1.64. The lowest BCUT2D eigenvalue weighted by Crippen LogP contribution is -2.40. The molecule has 2 unspecified atom stereocenters. The number of hydrogen-bond donors (Lipinski definition) is 3. The summed E-state index contributed by atoms with van der Waals surface area (Å²) in [5.41, 5.74) is 6.92. The van der Waals surface area contributed by atoms with Gasteiger partial charge in [-0.3, -0.25) is 10.2 Å². The highest BCUT2D eigenvalue weighted by molar-refractivity contribution is 5.94. The summed E-state index contributed by atoms with van der Waals surface area (Å²) in [7, 11) is 0. The molecule has 3 heterocycles. The smallest absolute Gasteiger partial charge is 0.243 e. The number of pyridine rings is 1. The Morgan fingerprint density at radius 3 is 3.04 bits per heavy atom. The first-order valence-electron chi connectivity index (χ1n) is 7.90. The first kappa shape index (κ1) is 15.6. The van der Waals surface area contributed by atoms with Crippen LogP contribution in [0.15, 0.2) is 36.8 Å². The van der Waals surface area contributed by atoms with E-state index < -0.39 is 0 Å². The Morgan fingerprint density at radius 1 is 1.43 bits per heavy atom. The molecule has 23 heavy (non-hydrogen) atoms. The number of amides is 1. The van der Waals surface area contributed by atoms with Crippen molar-refractivity contribution in [3.8, 4) is 5.82 Å². The first-order valence-corrected chi connectivity index (χ1v) is 7.90. The standard InChI is InChI=1S/C16H22N6O/c1-11(2)7-12-8-14(21-20-12)16(23)19-13-9-18-22(10-13)15-5-3-4-6-17-15/h3-6,9-12,14,20-21H,7-8H2,1-2H3,(H,19,23). The van der Waals surface area contributed by atoms with E-state index in [1.165, 1.54) is 0 Å². The number of carbonyl (C=O) groups is 1. The topological polar surface area (TPSA) is 83.9 Å². The number of rotatable bonds is 5. The number of nitrogens with one attached hydrogen (secondary N) is 3. The molecule has 3 rings (SSSR count). The van der Waals surface area contributed by atoms with Crippen LogP contribution in [0.25, 0.3) is 5.82 Å². The number of hydrogen-bond acceptors (Lipinski definition) is 5. The Balaban J connectivity index is 1.58. The summed E-state index contributed by atoms with van der Waals surface area (Å²) in [4.78, 5) is 16.5. The van der Waals surface area contributed by atoms with E-state index >= 15 is 0 Å². The molecule has 2 atom stereocenters. The van der Waals surface area contributed by atoms with Crippen LogP contribution in [-0.4, -0.2) is 32.8 Å². The van der Waals surface area contributed by atoms with Gasteiger partial charge in [-0.05, 0) is 30.9 Å². The maximum absolute atomic E-state index is 12.3. The lowest BCUT2D eigenvalue weighted by molar-refractivity contribution is -0.117. The van der Waals surface area contributed by atoms with Crippen LogP contribution in [0.5, 0.6) is 0 Å². The first-order chi connectivity index (χ1) is 11.1. The molecule has 0 aromatic carbocycles. The monoisotopic (exact) mass is 314 g/mol. The second-order valence-corrected chi connectivity index (χ2v) is 6.25. The van der Waals surface area contributed by atoms with Crippen molar-refractivity contribution in [1.82, 2.24) is 25.6 Å². The number of aromatic nitrogens is 3. The predicted molar refractivity (Wildman–Crippen MR) is 87.9 cm³/mol. The van der Waals surface area contributed by atoms with Gasteiger partial charge in [-0.2, -0.15) is 5.10 Å². The van der Waals surface area contributed by atoms with E-state index in [1.807, 2.05) is 18.2 Å². The summed E-state index contributed by atoms with van der Waals surface area (Å²) in [6.45, 7) is 4.36. The van der Waals surface area contributed by atoms with Crippen molar-refractivity contribution >= 4 is 11.6 Å². The maximum Gasteiger partial charge on any atom is 0.243 e. The molecule has 0 aliphatic carbocycles. The molecule has 2 aromatic rings. The predicted octanol–water partition coefficient (Wildman–Crippen LogP) is 1.49. The summed E-state index contributed by atoms with van der Waals surface area (Å²) in [5.74, 6) is 1.27. The van der Waals surface area contributed by atoms with E-state index in [9.17, 15) is 4.79 Å². The average molecular weight is 314 g/mol. The molecule has 1 fully saturated rings. The number of carbonyl (C=O) groups excluding carboxylic acids is 1. The Morgan fingerprint density at radius 2 is 2.30 bits per heavy atom. The zero-order chi connectivity index (χ0) is 16.2. The van der Waals surface area contributed by atoms with Gasteiger partial charge in [0.05, 0.1) is 18.1 Å². The van der Waals surface area contributed by atoms with Crippen molar-refractivity contribution in [3.63, 3.8) is 0 Å². The normalized spacial score (nSPS) is 20.8. The van der Waals surface area contributed by atoms with Gasteiger partial charge in [0, 0.05) is 12.2 Å². The van der Waals surface area contributed by atoms with Crippen molar-refractivity contribution in [1.29, 1.82) is 0 Å². The van der Waals surface area contributed by atoms with E-state index in [1.54, 1.807) is 23.3 Å². The van der Waals surface area contributed by atoms with Crippen molar-refractivity contribution in [2.24, 2.45) is 5.92 Å². The molecular weight excluding hydrogens is 292 g/mol. The minimum atomic E-state index is -0.225. The Kier molecular flexibility index (Phi) is 4.68. The lowest BCUT2D eigenvalue weighted by atomic mass is 10.00. The third-order valence-corrected chi connectivity index (χ3v) is 3.79. The van der Waals surface area contributed by atoms with Crippen LogP contribution in [-0.2, 0) is 4.79 Å². The Hall–Kier alpha value is -2.25. The van der Waals surface area contributed by atoms with Crippen molar-refractivity contribution in [2.75, 3.05) is 5.32 Å². The molecule has 7 heteroatoms. The number of anilines is 1. The van der Waals surface area contributed by atoms with Gasteiger partial charge in [0.25, 0.3) is 0 Å². The van der Waals surface area contributed by atoms with Crippen molar-refractivity contribution < 1.29 is 4.79 Å². The van der Waals surface area contributed by atoms with Crippen LogP contribution in [0.1, 0.15) is 26.7 Å². The van der Waals surface area contributed by atoms with Crippen LogP contribution >= 0.6 is 0 Å². The molecule has 0 bridgehead atoms. The molecular formula is C16H22N6O. The number of hydrazine groups is 1. The largest absolute Gasteiger partial charge is 0.322 e. The van der Waals surface area contributed by atoms with Crippen LogP contribution in [0.2, 0.25) is 0 Å². The van der Waals surface area contributed by atoms with Crippen molar-refractivity contribution in [2.45, 2.75) is 38.8 Å². The molecule has 122 valence electrons. The van der Waals surface area contributed by atoms with E-state index in [-0.39, 0.29) is 11.9 Å². The van der Waals surface area contributed by atoms with E-state index in [2.05, 4.69) is 40.1 Å². The summed E-state index contributed by atoms with van der Waals surface area (Å²) in [6.07, 6.45) is 6.93. The quantitative estimate of drug-likeness (QED) is 0.779. The summed E-state index contributed by atoms with van der Waals surface area (Å²) in [6, 6.07) is 5.71. The molecule has 1 aliphatic rings. The van der Waals surface area contributed by atoms with Gasteiger partial charge < -0.3 is 5.32 Å². The fourth-order valence-electron chi connectivity index (χ4n) is 2.75. The molecule has 2 aromatic heterocycles. The van der Waals surface area contributed by atoms with Gasteiger partial charge in [0.1, 0.15) is 6.04 Å². The third kappa shape index (κ3) is 3.94. The molecule has 1 amide bonds. The molecule has 1 aliphatic heterocycles. The minimum Gasteiger partial charge on any atom is -0.322 e. The summed E-state index contributed by atoms with van der Waals surface area (Å²) >= 11 is 0. The Bertz CT molecular complexity index is 654. The second kappa shape index (κ2) is 6.89. The Labute approximate surface area is 135 Å². The van der Waals surface area contributed by atoms with Crippen LogP contribution in [0.3, 0.4) is 0 Å². The zero-order valence-corrected chi connectivity index (χ0v) is 13.4. The highest BCUT2D eigenvalue weighted by atomic mass is 16.2. The van der Waals surface area contributed by atoms with Gasteiger partial charge in [-0.15, -0.1) is 0 Å². The van der Waals surface area contributed by atoms with Gasteiger partial charge in [0.15, 0.2) is 5.82 Å². The molecule has 0 radical (unpaired) electrons.